The Kier molecular flexibility index (Phi) is 14.1. The minimum absolute atomic E-state index is 0.0914. The molecule has 2 amide bonds. The Morgan fingerprint density at radius 2 is 1.79 bits per heavy atom. The van der Waals surface area contributed by atoms with Gasteiger partial charge in [0.2, 0.25) is 5.91 Å². The number of carbonyl (C=O) groups is 2. The second-order valence-electron chi connectivity index (χ2n) is 11.7. The van der Waals surface area contributed by atoms with E-state index >= 15 is 0 Å². The van der Waals surface area contributed by atoms with Gasteiger partial charge in [0.25, 0.3) is 5.91 Å². The summed E-state index contributed by atoms with van der Waals surface area (Å²) in [5.74, 6) is 0.750. The molecule has 1 unspecified atom stereocenters. The molecule has 2 aromatic carbocycles. The van der Waals surface area contributed by atoms with E-state index in [0.717, 1.165) is 69.6 Å². The summed E-state index contributed by atoms with van der Waals surface area (Å²) in [6.45, 7) is 10.6. The number of likely N-dealkylation sites (tertiary alicyclic amines) is 2. The molecule has 0 spiro atoms. The fourth-order valence-corrected chi connectivity index (χ4v) is 6.31. The lowest BCUT2D eigenvalue weighted by Gasteiger charge is -2.40. The molecule has 0 aliphatic carbocycles. The Balaban J connectivity index is 0.000000250. The van der Waals surface area contributed by atoms with Crippen LogP contribution in [-0.2, 0) is 9.63 Å². The Hall–Kier alpha value is -2.32. The van der Waals surface area contributed by atoms with Crippen molar-refractivity contribution in [3.63, 3.8) is 0 Å². The molecular weight excluding hydrogens is 607 g/mol. The number of hydrogen-bond acceptors (Lipinski definition) is 5. The molecule has 2 aliphatic rings. The Morgan fingerprint density at radius 3 is 2.42 bits per heavy atom. The van der Waals surface area contributed by atoms with Gasteiger partial charge in [0, 0.05) is 49.7 Å². The number of hydrogen-bond donors (Lipinski definition) is 0. The SMILES string of the molecule is CC(CCN1CCC(N2CCCCC2=O)CC1)c1ccc(Cl)c(Cl)c1.CO/N=C(\C)CN(C)C(=O)c1cc(C)cc(Cl)c1. The van der Waals surface area contributed by atoms with Gasteiger partial charge in [-0.05, 0) is 99.9 Å². The summed E-state index contributed by atoms with van der Waals surface area (Å²) in [6, 6.07) is 11.7. The van der Waals surface area contributed by atoms with Crippen LogP contribution in [0.1, 0.15) is 79.8 Å². The molecule has 0 bridgehead atoms. The van der Waals surface area contributed by atoms with E-state index in [1.165, 1.54) is 19.1 Å². The van der Waals surface area contributed by atoms with Crippen molar-refractivity contribution in [2.24, 2.45) is 5.16 Å². The van der Waals surface area contributed by atoms with Crippen LogP contribution in [0.2, 0.25) is 15.1 Å². The number of oxime groups is 1. The maximum Gasteiger partial charge on any atom is 0.253 e. The van der Waals surface area contributed by atoms with Crippen molar-refractivity contribution in [3.05, 3.63) is 68.2 Å². The Bertz CT molecular complexity index is 1240. The number of nitrogens with zero attached hydrogens (tertiary/aromatic N) is 4. The zero-order valence-corrected chi connectivity index (χ0v) is 28.3. The summed E-state index contributed by atoms with van der Waals surface area (Å²) >= 11 is 18.1. The van der Waals surface area contributed by atoms with E-state index in [0.29, 0.717) is 45.0 Å². The van der Waals surface area contributed by atoms with Gasteiger partial charge in [-0.1, -0.05) is 52.9 Å². The first kappa shape index (κ1) is 35.2. The van der Waals surface area contributed by atoms with E-state index in [-0.39, 0.29) is 5.91 Å². The molecule has 10 heteroatoms. The first-order chi connectivity index (χ1) is 20.5. The van der Waals surface area contributed by atoms with Crippen LogP contribution in [-0.4, -0.2) is 85.1 Å². The van der Waals surface area contributed by atoms with Crippen molar-refractivity contribution < 1.29 is 14.4 Å². The third kappa shape index (κ3) is 11.0. The van der Waals surface area contributed by atoms with Crippen molar-refractivity contribution in [3.8, 4) is 0 Å². The van der Waals surface area contributed by atoms with Crippen LogP contribution in [0.4, 0.5) is 0 Å². The lowest BCUT2D eigenvalue weighted by molar-refractivity contribution is -0.136. The van der Waals surface area contributed by atoms with Crippen LogP contribution in [0.25, 0.3) is 0 Å². The molecule has 7 nitrogen and oxygen atoms in total. The largest absolute Gasteiger partial charge is 0.399 e. The van der Waals surface area contributed by atoms with Gasteiger partial charge >= 0.3 is 0 Å². The predicted octanol–water partition coefficient (Wildman–Crippen LogP) is 7.71. The van der Waals surface area contributed by atoms with Crippen molar-refractivity contribution in [2.75, 3.05) is 46.9 Å². The van der Waals surface area contributed by atoms with Crippen LogP contribution >= 0.6 is 34.8 Å². The van der Waals surface area contributed by atoms with E-state index in [2.05, 4.69) is 32.8 Å². The summed E-state index contributed by atoms with van der Waals surface area (Å²) < 4.78 is 0. The summed E-state index contributed by atoms with van der Waals surface area (Å²) in [5.41, 5.74) is 3.52. The number of piperidine rings is 2. The lowest BCUT2D eigenvalue weighted by atomic mass is 9.96. The predicted molar refractivity (Wildman–Crippen MR) is 178 cm³/mol. The summed E-state index contributed by atoms with van der Waals surface area (Å²) in [5, 5.41) is 5.59. The third-order valence-corrected chi connectivity index (χ3v) is 9.06. The highest BCUT2D eigenvalue weighted by Gasteiger charge is 2.29. The van der Waals surface area contributed by atoms with Crippen LogP contribution in [0, 0.1) is 6.92 Å². The molecule has 0 N–H and O–H groups in total. The van der Waals surface area contributed by atoms with Crippen LogP contribution in [0.5, 0.6) is 0 Å². The van der Waals surface area contributed by atoms with E-state index in [1.54, 1.807) is 24.9 Å². The highest BCUT2D eigenvalue weighted by Crippen LogP contribution is 2.29. The van der Waals surface area contributed by atoms with Crippen molar-refractivity contribution in [2.45, 2.75) is 71.3 Å². The van der Waals surface area contributed by atoms with Crippen LogP contribution < -0.4 is 0 Å². The molecular formula is C33H45Cl3N4O3. The molecule has 43 heavy (non-hydrogen) atoms. The molecule has 4 rings (SSSR count). The summed E-state index contributed by atoms with van der Waals surface area (Å²) in [4.78, 5) is 35.2. The van der Waals surface area contributed by atoms with Crippen LogP contribution in [0.3, 0.4) is 0 Å². The van der Waals surface area contributed by atoms with Gasteiger partial charge in [-0.25, -0.2) is 0 Å². The smallest absolute Gasteiger partial charge is 0.253 e. The van der Waals surface area contributed by atoms with Crippen molar-refractivity contribution in [1.29, 1.82) is 0 Å². The molecule has 0 aromatic heterocycles. The topological polar surface area (TPSA) is 65.5 Å². The average Bonchev–Trinajstić information content (AvgIpc) is 2.97. The van der Waals surface area contributed by atoms with E-state index in [4.69, 9.17) is 34.8 Å². The second-order valence-corrected chi connectivity index (χ2v) is 12.9. The number of halogens is 3. The van der Waals surface area contributed by atoms with Crippen molar-refractivity contribution >= 4 is 52.3 Å². The van der Waals surface area contributed by atoms with Crippen LogP contribution in [0.15, 0.2) is 41.6 Å². The summed E-state index contributed by atoms with van der Waals surface area (Å²) in [6.07, 6.45) is 6.35. The van der Waals surface area contributed by atoms with E-state index in [1.807, 2.05) is 31.2 Å². The molecule has 236 valence electrons. The maximum atomic E-state index is 12.2. The summed E-state index contributed by atoms with van der Waals surface area (Å²) in [7, 11) is 3.19. The van der Waals surface area contributed by atoms with Gasteiger partial charge < -0.3 is 19.5 Å². The third-order valence-electron chi connectivity index (χ3n) is 8.10. The number of carbonyl (C=O) groups excluding carboxylic acids is 2. The molecule has 2 saturated heterocycles. The molecule has 2 aromatic rings. The quantitative estimate of drug-likeness (QED) is 0.206. The Labute approximate surface area is 272 Å². The first-order valence-corrected chi connectivity index (χ1v) is 16.2. The van der Waals surface area contributed by atoms with Gasteiger partial charge in [0.1, 0.15) is 7.11 Å². The zero-order chi connectivity index (χ0) is 31.5. The minimum atomic E-state index is -0.0914. The molecule has 2 heterocycles. The van der Waals surface area contributed by atoms with Gasteiger partial charge in [-0.3, -0.25) is 9.59 Å². The normalized spacial score (nSPS) is 17.3. The molecule has 0 radical (unpaired) electrons. The minimum Gasteiger partial charge on any atom is -0.399 e. The van der Waals surface area contributed by atoms with E-state index < -0.39 is 0 Å². The lowest BCUT2D eigenvalue weighted by Crippen LogP contribution is -2.49. The zero-order valence-electron chi connectivity index (χ0n) is 26.0. The highest BCUT2D eigenvalue weighted by atomic mass is 35.5. The number of aryl methyl sites for hydroxylation is 1. The first-order valence-electron chi connectivity index (χ1n) is 15.0. The monoisotopic (exact) mass is 650 g/mol. The molecule has 0 saturated carbocycles. The second kappa shape index (κ2) is 17.2. The standard InChI is InChI=1S/C20H28Cl2N2O.C13H17ClN2O2/c1-15(16-5-6-18(21)19(22)14-16)7-11-23-12-8-17(9-13-23)24-10-3-2-4-20(24)25;1-9-5-11(7-12(14)6-9)13(17)16(3)8-10(2)15-18-4/h5-6,14-15,17H,2-4,7-13H2,1H3;5-7H,8H2,1-4H3/b;15-10+. The average molecular weight is 652 g/mol. The molecule has 1 atom stereocenters. The highest BCUT2D eigenvalue weighted by molar-refractivity contribution is 6.42. The van der Waals surface area contributed by atoms with Gasteiger partial charge in [-0.15, -0.1) is 0 Å². The molecule has 2 fully saturated rings. The van der Waals surface area contributed by atoms with Gasteiger partial charge in [-0.2, -0.15) is 0 Å². The maximum absolute atomic E-state index is 12.2. The number of rotatable bonds is 9. The number of benzene rings is 2. The van der Waals surface area contributed by atoms with E-state index in [9.17, 15) is 9.59 Å². The Morgan fingerprint density at radius 1 is 1.07 bits per heavy atom. The fraction of sp³-hybridized carbons (Fsp3) is 0.545. The molecule has 2 aliphatic heterocycles. The fourth-order valence-electron chi connectivity index (χ4n) is 5.71. The van der Waals surface area contributed by atoms with Gasteiger partial charge in [0.05, 0.1) is 22.3 Å². The van der Waals surface area contributed by atoms with Crippen molar-refractivity contribution in [1.82, 2.24) is 14.7 Å². The van der Waals surface area contributed by atoms with Gasteiger partial charge in [0.15, 0.2) is 0 Å². The number of amides is 2.